The highest BCUT2D eigenvalue weighted by atomic mass is 127. The zero-order chi connectivity index (χ0) is 28.4. The molecule has 39 heavy (non-hydrogen) atoms. The fourth-order valence-electron chi connectivity index (χ4n) is 5.72. The second kappa shape index (κ2) is 12.0. The molecule has 0 fully saturated rings. The third kappa shape index (κ3) is 6.06. The van der Waals surface area contributed by atoms with Crippen LogP contribution in [0.4, 0.5) is 17.1 Å². The maximum atomic E-state index is 11.9. The van der Waals surface area contributed by atoms with Crippen molar-refractivity contribution >= 4 is 62.6 Å². The first-order valence-corrected chi connectivity index (χ1v) is 15.7. The smallest absolute Gasteiger partial charge is 0.301 e. The van der Waals surface area contributed by atoms with Gasteiger partial charge in [0.15, 0.2) is 5.71 Å². The predicted molar refractivity (Wildman–Crippen MR) is 168 cm³/mol. The SMILES string of the molecule is C[N+]1=C(C=CC=C2N(CCCCOS(=O)O)c3ccccc3C2(C)C)C(C)(C)c2cc(NC(=O)CI)ccc21. The zero-order valence-corrected chi connectivity index (χ0v) is 26.1. The number of halogens is 1. The Balaban J connectivity index is 1.60. The maximum absolute atomic E-state index is 11.9. The van der Waals surface area contributed by atoms with Gasteiger partial charge in [-0.05, 0) is 56.5 Å². The molecule has 0 aliphatic carbocycles. The van der Waals surface area contributed by atoms with Crippen LogP contribution in [0.2, 0.25) is 0 Å². The molecule has 0 saturated carbocycles. The number of benzene rings is 2. The molecule has 2 aromatic rings. The summed E-state index contributed by atoms with van der Waals surface area (Å²) in [4.78, 5) is 14.3. The molecule has 1 amide bonds. The molecule has 0 spiro atoms. The van der Waals surface area contributed by atoms with E-state index < -0.39 is 11.4 Å². The van der Waals surface area contributed by atoms with Crippen LogP contribution in [-0.2, 0) is 31.2 Å². The molecule has 2 aliphatic rings. The molecule has 2 aromatic carbocycles. The molecule has 0 saturated heterocycles. The number of carbonyl (C=O) groups is 1. The number of carbonyl (C=O) groups excluding carboxylic acids is 1. The van der Waals surface area contributed by atoms with E-state index in [1.54, 1.807) is 0 Å². The zero-order valence-electron chi connectivity index (χ0n) is 23.2. The first-order chi connectivity index (χ1) is 18.5. The van der Waals surface area contributed by atoms with Crippen molar-refractivity contribution in [1.29, 1.82) is 0 Å². The van der Waals surface area contributed by atoms with Crippen LogP contribution in [0.1, 0.15) is 51.7 Å². The Morgan fingerprint density at radius 2 is 1.87 bits per heavy atom. The van der Waals surface area contributed by atoms with Crippen molar-refractivity contribution in [3.05, 3.63) is 77.5 Å². The van der Waals surface area contributed by atoms with Gasteiger partial charge in [-0.25, -0.2) is 0 Å². The summed E-state index contributed by atoms with van der Waals surface area (Å²) in [7, 11) is 2.09. The van der Waals surface area contributed by atoms with E-state index in [2.05, 4.69) is 127 Å². The van der Waals surface area contributed by atoms with Crippen LogP contribution in [0, 0.1) is 0 Å². The number of para-hydroxylation sites is 1. The quantitative estimate of drug-likeness (QED) is 0.104. The van der Waals surface area contributed by atoms with E-state index in [0.717, 1.165) is 24.3 Å². The molecule has 2 heterocycles. The van der Waals surface area contributed by atoms with Crippen molar-refractivity contribution in [2.24, 2.45) is 0 Å². The van der Waals surface area contributed by atoms with Crippen molar-refractivity contribution in [1.82, 2.24) is 0 Å². The van der Waals surface area contributed by atoms with Gasteiger partial charge in [0.1, 0.15) is 7.05 Å². The third-order valence-electron chi connectivity index (χ3n) is 7.71. The number of unbranched alkanes of at least 4 members (excludes halogenated alkanes) is 1. The predicted octanol–water partition coefficient (Wildman–Crippen LogP) is 6.24. The lowest BCUT2D eigenvalue weighted by Crippen LogP contribution is -2.28. The Bertz CT molecular complexity index is 1380. The minimum absolute atomic E-state index is 0.00365. The van der Waals surface area contributed by atoms with Crippen LogP contribution in [-0.4, -0.2) is 49.6 Å². The van der Waals surface area contributed by atoms with Crippen molar-refractivity contribution in [3.8, 4) is 0 Å². The minimum Gasteiger partial charge on any atom is -0.344 e. The number of nitrogens with zero attached hydrogens (tertiary/aromatic N) is 2. The maximum Gasteiger partial charge on any atom is 0.301 e. The molecule has 7 nitrogen and oxygen atoms in total. The first kappa shape index (κ1) is 29.6. The minimum atomic E-state index is -2.22. The first-order valence-electron chi connectivity index (χ1n) is 13.1. The van der Waals surface area contributed by atoms with Gasteiger partial charge in [-0.2, -0.15) is 8.78 Å². The van der Waals surface area contributed by atoms with E-state index in [0.29, 0.717) is 10.8 Å². The fraction of sp³-hybridized carbons (Fsp3) is 0.400. The molecule has 4 rings (SSSR count). The molecule has 2 N–H and O–H groups in total. The molecule has 0 bridgehead atoms. The van der Waals surface area contributed by atoms with Crippen molar-refractivity contribution in [2.45, 2.75) is 51.4 Å². The van der Waals surface area contributed by atoms with Crippen LogP contribution >= 0.6 is 22.6 Å². The molecule has 2 aliphatic heterocycles. The Kier molecular flexibility index (Phi) is 9.15. The van der Waals surface area contributed by atoms with Crippen LogP contribution < -0.4 is 10.2 Å². The average Bonchev–Trinajstić information content (AvgIpc) is 3.22. The molecular formula is C30H37IN3O4S+. The van der Waals surface area contributed by atoms with E-state index in [9.17, 15) is 9.00 Å². The normalized spacial score (nSPS) is 19.1. The number of anilines is 2. The van der Waals surface area contributed by atoms with Gasteiger partial charge in [0.2, 0.25) is 11.6 Å². The lowest BCUT2D eigenvalue weighted by Gasteiger charge is -2.27. The van der Waals surface area contributed by atoms with Crippen LogP contribution in [0.25, 0.3) is 0 Å². The van der Waals surface area contributed by atoms with Gasteiger partial charge >= 0.3 is 11.4 Å². The lowest BCUT2D eigenvalue weighted by atomic mass is 9.81. The largest absolute Gasteiger partial charge is 0.344 e. The second-order valence-corrected chi connectivity index (χ2v) is 12.4. The van der Waals surface area contributed by atoms with E-state index in [-0.39, 0.29) is 23.3 Å². The highest BCUT2D eigenvalue weighted by Crippen LogP contribution is 2.48. The summed E-state index contributed by atoms with van der Waals surface area (Å²) in [6.07, 6.45) is 8.08. The Labute approximate surface area is 247 Å². The summed E-state index contributed by atoms with van der Waals surface area (Å²) in [5.74, 6) is -0.00365. The van der Waals surface area contributed by atoms with Gasteiger partial charge in [-0.15, -0.1) is 0 Å². The van der Waals surface area contributed by atoms with Crippen LogP contribution in [0.15, 0.2) is 66.4 Å². The third-order valence-corrected chi connectivity index (χ3v) is 8.77. The van der Waals surface area contributed by atoms with E-state index in [4.69, 9.17) is 8.74 Å². The monoisotopic (exact) mass is 662 g/mol. The van der Waals surface area contributed by atoms with Gasteiger partial charge < -0.3 is 10.2 Å². The number of rotatable bonds is 10. The van der Waals surface area contributed by atoms with E-state index in [1.165, 1.54) is 28.2 Å². The highest BCUT2D eigenvalue weighted by Gasteiger charge is 2.43. The summed E-state index contributed by atoms with van der Waals surface area (Å²) in [5, 5.41) is 2.98. The summed E-state index contributed by atoms with van der Waals surface area (Å²) in [5.41, 5.74) is 7.63. The van der Waals surface area contributed by atoms with Gasteiger partial charge in [0.05, 0.1) is 16.4 Å². The lowest BCUT2D eigenvalue weighted by molar-refractivity contribution is -0.401. The van der Waals surface area contributed by atoms with Gasteiger partial charge in [0.25, 0.3) is 0 Å². The standard InChI is InChI=1S/C30H36IN3O4S/c1-29(2)22-11-6-7-12-25(22)34(17-8-9-18-38-39(36)37)27(29)14-10-13-26-30(3,4)23-19-21(32-28(35)20-31)15-16-24(23)33(26)5/h6-7,10-16,19H,8-9,17-18,20H2,1-5H3,(H-,32,35,36,37)/p+1. The van der Waals surface area contributed by atoms with Crippen LogP contribution in [0.3, 0.4) is 0 Å². The fourth-order valence-corrected chi connectivity index (χ4v) is 6.17. The molecular weight excluding hydrogens is 625 g/mol. The number of hydrogen-bond acceptors (Lipinski definition) is 4. The van der Waals surface area contributed by atoms with E-state index in [1.807, 2.05) is 6.07 Å². The number of allylic oxidation sites excluding steroid dienone is 4. The number of amides is 1. The van der Waals surface area contributed by atoms with E-state index >= 15 is 0 Å². The number of alkyl halides is 1. The molecule has 1 unspecified atom stereocenters. The number of hydrogen-bond donors (Lipinski definition) is 2. The van der Waals surface area contributed by atoms with Gasteiger partial charge in [0, 0.05) is 46.7 Å². The average molecular weight is 663 g/mol. The molecule has 9 heteroatoms. The Morgan fingerprint density at radius 1 is 1.13 bits per heavy atom. The summed E-state index contributed by atoms with van der Waals surface area (Å²) in [6.45, 7) is 9.99. The molecule has 0 aromatic heterocycles. The van der Waals surface area contributed by atoms with Crippen molar-refractivity contribution in [2.75, 3.05) is 34.8 Å². The molecule has 208 valence electrons. The van der Waals surface area contributed by atoms with Gasteiger partial charge in [-0.1, -0.05) is 60.7 Å². The van der Waals surface area contributed by atoms with Gasteiger partial charge in [-0.3, -0.25) is 13.5 Å². The Morgan fingerprint density at radius 3 is 2.59 bits per heavy atom. The molecule has 1 atom stereocenters. The summed E-state index contributed by atoms with van der Waals surface area (Å²) in [6, 6.07) is 14.6. The second-order valence-electron chi connectivity index (χ2n) is 10.9. The Hall–Kier alpha value is -2.34. The van der Waals surface area contributed by atoms with Crippen LogP contribution in [0.5, 0.6) is 0 Å². The number of nitrogens with one attached hydrogen (secondary N) is 1. The summed E-state index contributed by atoms with van der Waals surface area (Å²) >= 11 is -0.150. The number of fused-ring (bicyclic) bond motifs is 2. The highest BCUT2D eigenvalue weighted by molar-refractivity contribution is 14.1. The van der Waals surface area contributed by atoms with Crippen molar-refractivity contribution in [3.63, 3.8) is 0 Å². The molecule has 0 radical (unpaired) electrons. The topological polar surface area (TPSA) is 81.9 Å². The van der Waals surface area contributed by atoms with Crippen molar-refractivity contribution < 1.29 is 22.3 Å². The summed E-state index contributed by atoms with van der Waals surface area (Å²) < 4.78 is 27.1.